The van der Waals surface area contributed by atoms with Crippen molar-refractivity contribution in [3.8, 4) is 5.75 Å². The fourth-order valence-electron chi connectivity index (χ4n) is 4.61. The molecule has 1 aliphatic carbocycles. The van der Waals surface area contributed by atoms with Crippen LogP contribution in [0.3, 0.4) is 0 Å². The predicted molar refractivity (Wildman–Crippen MR) is 118 cm³/mol. The molecule has 1 aliphatic heterocycles. The molecule has 2 aliphatic rings. The number of anilines is 1. The standard InChI is InChI=1S/C22H24N2O4S2/c1-30(26,27)17-8-6-16(7-9-17)28-20-11-15-13-24(12-14(15)10-19(20)25)22-23-18-4-2-3-5-21(18)29-22/h2-9,14-15,19-20,25H,10-13H2,1H3/t14-,15+,19+,20+/m0/s1. The minimum atomic E-state index is -3.23. The van der Waals surface area contributed by atoms with E-state index >= 15 is 0 Å². The summed E-state index contributed by atoms with van der Waals surface area (Å²) in [5.41, 5.74) is 1.03. The quantitative estimate of drug-likeness (QED) is 0.665. The van der Waals surface area contributed by atoms with Gasteiger partial charge in [-0.05, 0) is 61.1 Å². The van der Waals surface area contributed by atoms with Gasteiger partial charge in [-0.3, -0.25) is 0 Å². The predicted octanol–water partition coefficient (Wildman–Crippen LogP) is 3.35. The number of hydrogen-bond acceptors (Lipinski definition) is 7. The van der Waals surface area contributed by atoms with Crippen molar-refractivity contribution in [3.05, 3.63) is 48.5 Å². The maximum Gasteiger partial charge on any atom is 0.186 e. The van der Waals surface area contributed by atoms with Gasteiger partial charge in [0.15, 0.2) is 15.0 Å². The molecule has 2 fully saturated rings. The second-order valence-corrected chi connectivity index (χ2v) is 11.4. The van der Waals surface area contributed by atoms with Gasteiger partial charge in [-0.25, -0.2) is 13.4 Å². The topological polar surface area (TPSA) is 79.7 Å². The van der Waals surface area contributed by atoms with Crippen LogP contribution in [-0.2, 0) is 9.84 Å². The Kier molecular flexibility index (Phi) is 4.95. The minimum Gasteiger partial charge on any atom is -0.488 e. The molecule has 8 heteroatoms. The number of thiazole rings is 1. The van der Waals surface area contributed by atoms with E-state index in [1.54, 1.807) is 35.6 Å². The van der Waals surface area contributed by atoms with Gasteiger partial charge in [0.2, 0.25) is 0 Å². The van der Waals surface area contributed by atoms with Crippen molar-refractivity contribution in [1.82, 2.24) is 4.98 Å². The van der Waals surface area contributed by atoms with Crippen LogP contribution >= 0.6 is 11.3 Å². The van der Waals surface area contributed by atoms with Crippen LogP contribution in [0.2, 0.25) is 0 Å². The number of benzene rings is 2. The van der Waals surface area contributed by atoms with Crippen LogP contribution in [0, 0.1) is 11.8 Å². The van der Waals surface area contributed by atoms with E-state index < -0.39 is 15.9 Å². The van der Waals surface area contributed by atoms with Crippen molar-refractivity contribution in [3.63, 3.8) is 0 Å². The Bertz CT molecular complexity index is 1130. The van der Waals surface area contributed by atoms with E-state index in [-0.39, 0.29) is 11.0 Å². The molecule has 158 valence electrons. The lowest BCUT2D eigenvalue weighted by Crippen LogP contribution is -2.42. The summed E-state index contributed by atoms with van der Waals surface area (Å²) in [6, 6.07) is 14.6. The van der Waals surface area contributed by atoms with Gasteiger partial charge in [0, 0.05) is 19.3 Å². The number of rotatable bonds is 4. The van der Waals surface area contributed by atoms with Gasteiger partial charge in [-0.2, -0.15) is 0 Å². The highest BCUT2D eigenvalue weighted by molar-refractivity contribution is 7.90. The summed E-state index contributed by atoms with van der Waals surface area (Å²) in [6.07, 6.45) is 1.85. The molecule has 0 unspecified atom stereocenters. The lowest BCUT2D eigenvalue weighted by Gasteiger charge is -2.35. The Morgan fingerprint density at radius 2 is 1.77 bits per heavy atom. The molecule has 1 saturated heterocycles. The van der Waals surface area contributed by atoms with Gasteiger partial charge in [0.1, 0.15) is 11.9 Å². The molecule has 30 heavy (non-hydrogen) atoms. The highest BCUT2D eigenvalue weighted by atomic mass is 32.2. The van der Waals surface area contributed by atoms with E-state index in [1.165, 1.54) is 11.0 Å². The first-order chi connectivity index (χ1) is 14.4. The van der Waals surface area contributed by atoms with Crippen LogP contribution in [0.5, 0.6) is 5.75 Å². The zero-order valence-corrected chi connectivity index (χ0v) is 18.3. The number of aliphatic hydroxyl groups is 1. The first-order valence-corrected chi connectivity index (χ1v) is 12.8. The third kappa shape index (κ3) is 3.79. The molecule has 2 aromatic carbocycles. The molecule has 3 aromatic rings. The summed E-state index contributed by atoms with van der Waals surface area (Å²) in [5.74, 6) is 1.46. The van der Waals surface area contributed by atoms with E-state index in [9.17, 15) is 13.5 Å². The first kappa shape index (κ1) is 19.8. The Morgan fingerprint density at radius 1 is 1.07 bits per heavy atom. The summed E-state index contributed by atoms with van der Waals surface area (Å²) in [6.45, 7) is 1.83. The maximum absolute atomic E-state index is 11.6. The number of ether oxygens (including phenoxy) is 1. The lowest BCUT2D eigenvalue weighted by molar-refractivity contribution is -0.0231. The molecule has 0 bridgehead atoms. The zero-order chi connectivity index (χ0) is 20.9. The third-order valence-electron chi connectivity index (χ3n) is 6.18. The summed E-state index contributed by atoms with van der Waals surface area (Å²) in [7, 11) is -3.23. The van der Waals surface area contributed by atoms with Crippen LogP contribution < -0.4 is 9.64 Å². The van der Waals surface area contributed by atoms with Crippen LogP contribution in [-0.4, -0.2) is 50.1 Å². The van der Waals surface area contributed by atoms with Crippen LogP contribution in [0.15, 0.2) is 53.4 Å². The Morgan fingerprint density at radius 3 is 2.47 bits per heavy atom. The molecular formula is C22H24N2O4S2. The molecule has 4 atom stereocenters. The van der Waals surface area contributed by atoms with Crippen LogP contribution in [0.4, 0.5) is 5.13 Å². The smallest absolute Gasteiger partial charge is 0.186 e. The fourth-order valence-corrected chi connectivity index (χ4v) is 6.22. The number of para-hydroxylation sites is 1. The highest BCUT2D eigenvalue weighted by Crippen LogP contribution is 2.41. The molecule has 1 N–H and O–H groups in total. The molecule has 1 saturated carbocycles. The second-order valence-electron chi connectivity index (χ2n) is 8.33. The van der Waals surface area contributed by atoms with Gasteiger partial charge in [0.25, 0.3) is 0 Å². The number of fused-ring (bicyclic) bond motifs is 2. The molecule has 5 rings (SSSR count). The van der Waals surface area contributed by atoms with Crippen LogP contribution in [0.1, 0.15) is 12.8 Å². The normalized spacial score (nSPS) is 26.7. The largest absolute Gasteiger partial charge is 0.488 e. The molecule has 0 spiro atoms. The van der Waals surface area contributed by atoms with Crippen molar-refractivity contribution in [2.75, 3.05) is 24.2 Å². The fraction of sp³-hybridized carbons (Fsp3) is 0.409. The molecular weight excluding hydrogens is 420 g/mol. The van der Waals surface area contributed by atoms with E-state index in [1.807, 2.05) is 18.2 Å². The van der Waals surface area contributed by atoms with Gasteiger partial charge < -0.3 is 14.7 Å². The van der Waals surface area contributed by atoms with Gasteiger partial charge >= 0.3 is 0 Å². The molecule has 0 amide bonds. The van der Waals surface area contributed by atoms with Crippen molar-refractivity contribution < 1.29 is 18.3 Å². The number of aromatic nitrogens is 1. The molecule has 2 heterocycles. The van der Waals surface area contributed by atoms with Crippen molar-refractivity contribution in [1.29, 1.82) is 0 Å². The number of aliphatic hydroxyl groups excluding tert-OH is 1. The Labute approximate surface area is 180 Å². The summed E-state index contributed by atoms with van der Waals surface area (Å²) >= 11 is 1.72. The summed E-state index contributed by atoms with van der Waals surface area (Å²) in [5, 5.41) is 11.7. The highest BCUT2D eigenvalue weighted by Gasteiger charge is 2.43. The minimum absolute atomic E-state index is 0.265. The monoisotopic (exact) mass is 444 g/mol. The molecule has 1 aromatic heterocycles. The van der Waals surface area contributed by atoms with Gasteiger partial charge in [-0.1, -0.05) is 23.5 Å². The Balaban J connectivity index is 1.28. The zero-order valence-electron chi connectivity index (χ0n) is 16.6. The lowest BCUT2D eigenvalue weighted by atomic mass is 9.78. The molecule has 0 radical (unpaired) electrons. The van der Waals surface area contributed by atoms with Gasteiger partial charge in [0.05, 0.1) is 21.2 Å². The molecule has 6 nitrogen and oxygen atoms in total. The van der Waals surface area contributed by atoms with Crippen molar-refractivity contribution in [2.24, 2.45) is 11.8 Å². The van der Waals surface area contributed by atoms with Gasteiger partial charge in [-0.15, -0.1) is 0 Å². The van der Waals surface area contributed by atoms with E-state index in [0.29, 0.717) is 24.0 Å². The number of nitrogens with zero attached hydrogens (tertiary/aromatic N) is 2. The van der Waals surface area contributed by atoms with E-state index in [4.69, 9.17) is 9.72 Å². The average Bonchev–Trinajstić information content (AvgIpc) is 3.31. The average molecular weight is 445 g/mol. The SMILES string of the molecule is CS(=O)(=O)c1ccc(O[C@@H]2C[C@@H]3CN(c4nc5ccccc5s4)C[C@@H]3C[C@H]2O)cc1. The summed E-state index contributed by atoms with van der Waals surface area (Å²) in [4.78, 5) is 7.40. The number of sulfone groups is 1. The maximum atomic E-state index is 11.6. The van der Waals surface area contributed by atoms with Crippen LogP contribution in [0.25, 0.3) is 10.2 Å². The number of hydrogen-bond donors (Lipinski definition) is 1. The first-order valence-electron chi connectivity index (χ1n) is 10.1. The third-order valence-corrected chi connectivity index (χ3v) is 8.40. The Hall–Kier alpha value is -2.16. The van der Waals surface area contributed by atoms with E-state index in [2.05, 4.69) is 11.0 Å². The summed E-state index contributed by atoms with van der Waals surface area (Å²) < 4.78 is 30.5. The second kappa shape index (κ2) is 7.51. The van der Waals surface area contributed by atoms with E-state index in [0.717, 1.165) is 30.2 Å². The van der Waals surface area contributed by atoms with Crippen molar-refractivity contribution >= 4 is 36.5 Å². The van der Waals surface area contributed by atoms with Crippen molar-refractivity contribution in [2.45, 2.75) is 29.9 Å².